The number of rotatable bonds is 4. The molecule has 0 aliphatic heterocycles. The molecule has 2 nitrogen and oxygen atoms in total. The molecule has 57 heavy (non-hydrogen) atoms. The van der Waals surface area contributed by atoms with E-state index in [-0.39, 0.29) is 10.8 Å². The lowest BCUT2D eigenvalue weighted by Gasteiger charge is -2.61. The summed E-state index contributed by atoms with van der Waals surface area (Å²) in [4.78, 5) is 2.49. The number of benzene rings is 7. The summed E-state index contributed by atoms with van der Waals surface area (Å²) in [7, 11) is 0. The second kappa shape index (κ2) is 11.4. The molecule has 6 aliphatic rings. The Morgan fingerprint density at radius 2 is 1.14 bits per heavy atom. The summed E-state index contributed by atoms with van der Waals surface area (Å²) >= 11 is 0. The highest BCUT2D eigenvalue weighted by molar-refractivity contribution is 6.10. The van der Waals surface area contributed by atoms with Crippen molar-refractivity contribution < 1.29 is 4.42 Å². The van der Waals surface area contributed by atoms with E-state index in [1.54, 1.807) is 11.1 Å². The Kier molecular flexibility index (Phi) is 6.44. The van der Waals surface area contributed by atoms with Crippen LogP contribution in [-0.2, 0) is 10.8 Å². The first-order chi connectivity index (χ1) is 28.0. The van der Waals surface area contributed by atoms with Gasteiger partial charge in [-0.2, -0.15) is 0 Å². The molecule has 1 spiro atoms. The number of anilines is 3. The minimum absolute atomic E-state index is 0.0777. The number of para-hydroxylation sites is 2. The second-order valence-corrected chi connectivity index (χ2v) is 18.5. The van der Waals surface area contributed by atoms with Gasteiger partial charge >= 0.3 is 0 Å². The van der Waals surface area contributed by atoms with Gasteiger partial charge in [0.2, 0.25) is 0 Å². The van der Waals surface area contributed by atoms with Crippen LogP contribution in [0.5, 0.6) is 0 Å². The fourth-order valence-corrected chi connectivity index (χ4v) is 13.3. The van der Waals surface area contributed by atoms with Gasteiger partial charge in [-0.25, -0.2) is 0 Å². The summed E-state index contributed by atoms with van der Waals surface area (Å²) in [6.45, 7) is 4.76. The lowest BCUT2D eigenvalue weighted by atomic mass is 9.43. The fraction of sp³-hybridized carbons (Fsp3) is 0.236. The van der Waals surface area contributed by atoms with Crippen molar-refractivity contribution in [2.75, 3.05) is 4.90 Å². The summed E-state index contributed by atoms with van der Waals surface area (Å²) in [5.41, 5.74) is 19.3. The first-order valence-corrected chi connectivity index (χ1v) is 21.3. The van der Waals surface area contributed by atoms with Crippen LogP contribution < -0.4 is 4.90 Å². The molecule has 7 aromatic carbocycles. The molecule has 14 rings (SSSR count). The maximum Gasteiger partial charge on any atom is 0.159 e. The summed E-state index contributed by atoms with van der Waals surface area (Å²) in [6.07, 6.45) is 6.94. The maximum absolute atomic E-state index is 6.81. The zero-order chi connectivity index (χ0) is 37.6. The van der Waals surface area contributed by atoms with Gasteiger partial charge in [0.15, 0.2) is 5.58 Å². The van der Waals surface area contributed by atoms with E-state index in [1.165, 1.54) is 82.3 Å². The van der Waals surface area contributed by atoms with Crippen molar-refractivity contribution in [3.05, 3.63) is 174 Å². The van der Waals surface area contributed by atoms with Crippen LogP contribution in [0, 0.1) is 23.7 Å². The molecule has 0 amide bonds. The Labute approximate surface area is 334 Å². The van der Waals surface area contributed by atoms with Crippen molar-refractivity contribution in [3.63, 3.8) is 0 Å². The molecule has 276 valence electrons. The Balaban J connectivity index is 1.05. The lowest BCUT2D eigenvalue weighted by molar-refractivity contribution is -0.0399. The van der Waals surface area contributed by atoms with Crippen LogP contribution in [0.4, 0.5) is 17.1 Å². The van der Waals surface area contributed by atoms with Crippen LogP contribution in [0.25, 0.3) is 55.3 Å². The van der Waals surface area contributed by atoms with Crippen LogP contribution in [0.2, 0.25) is 0 Å². The molecule has 6 aliphatic carbocycles. The topological polar surface area (TPSA) is 16.4 Å². The van der Waals surface area contributed by atoms with Crippen molar-refractivity contribution in [1.29, 1.82) is 0 Å². The van der Waals surface area contributed by atoms with E-state index < -0.39 is 0 Å². The molecule has 0 saturated heterocycles. The smallest absolute Gasteiger partial charge is 0.159 e. The molecule has 0 N–H and O–H groups in total. The Hall–Kier alpha value is -5.86. The largest absolute Gasteiger partial charge is 0.454 e. The molecule has 2 heteroatoms. The van der Waals surface area contributed by atoms with E-state index in [4.69, 9.17) is 4.42 Å². The standard InChI is InChI=1S/C55H45NO/c1-54(2)47-16-8-6-13-41(47)42-23-20-40(32-49(42)54)56(51-17-10-15-45-44-14-7-9-18-52(44)57-53(45)51)39-21-24-48-46(31-39)43-22-19-36(35-11-4-3-5-12-35)30-50(43)55(48)37-26-33-25-34(28-37)29-38(55)27-33/h3-24,30-34,37-38H,25-29H2,1-2H3. The summed E-state index contributed by atoms with van der Waals surface area (Å²) < 4.78 is 6.81. The van der Waals surface area contributed by atoms with Gasteiger partial charge in [-0.1, -0.05) is 123 Å². The molecule has 0 atom stereocenters. The monoisotopic (exact) mass is 735 g/mol. The van der Waals surface area contributed by atoms with Crippen molar-refractivity contribution in [2.24, 2.45) is 23.7 Å². The lowest BCUT2D eigenvalue weighted by Crippen LogP contribution is -2.55. The highest BCUT2D eigenvalue weighted by Crippen LogP contribution is 2.70. The number of nitrogens with zero attached hydrogens (tertiary/aromatic N) is 1. The molecule has 1 heterocycles. The maximum atomic E-state index is 6.81. The number of hydrogen-bond donors (Lipinski definition) is 0. The normalized spacial score (nSPS) is 24.2. The van der Waals surface area contributed by atoms with Gasteiger partial charge in [0.05, 0.1) is 5.69 Å². The van der Waals surface area contributed by atoms with Gasteiger partial charge in [-0.05, 0) is 154 Å². The number of furan rings is 1. The Morgan fingerprint density at radius 3 is 1.98 bits per heavy atom. The second-order valence-electron chi connectivity index (χ2n) is 18.5. The summed E-state index contributed by atoms with van der Waals surface area (Å²) in [5, 5.41) is 2.30. The minimum Gasteiger partial charge on any atom is -0.454 e. The van der Waals surface area contributed by atoms with Gasteiger partial charge in [-0.3, -0.25) is 0 Å². The highest BCUT2D eigenvalue weighted by atomic mass is 16.3. The van der Waals surface area contributed by atoms with E-state index in [2.05, 4.69) is 170 Å². The van der Waals surface area contributed by atoms with E-state index in [1.807, 2.05) is 0 Å². The van der Waals surface area contributed by atoms with Crippen molar-refractivity contribution in [1.82, 2.24) is 0 Å². The summed E-state index contributed by atoms with van der Waals surface area (Å²) in [6, 6.07) is 57.3. The third-order valence-corrected chi connectivity index (χ3v) is 15.4. The van der Waals surface area contributed by atoms with Crippen LogP contribution in [-0.4, -0.2) is 0 Å². The number of hydrogen-bond acceptors (Lipinski definition) is 2. The third-order valence-electron chi connectivity index (χ3n) is 15.4. The zero-order valence-electron chi connectivity index (χ0n) is 32.6. The fourth-order valence-electron chi connectivity index (χ4n) is 13.3. The van der Waals surface area contributed by atoms with Crippen molar-refractivity contribution in [3.8, 4) is 33.4 Å². The average Bonchev–Trinajstić information content (AvgIpc) is 3.84. The van der Waals surface area contributed by atoms with Crippen LogP contribution in [0.15, 0.2) is 156 Å². The van der Waals surface area contributed by atoms with E-state index in [0.29, 0.717) is 11.8 Å². The van der Waals surface area contributed by atoms with Crippen LogP contribution >= 0.6 is 0 Å². The third kappa shape index (κ3) is 4.26. The molecule has 0 radical (unpaired) electrons. The molecule has 4 fully saturated rings. The molecule has 0 unspecified atom stereocenters. The van der Waals surface area contributed by atoms with Gasteiger partial charge < -0.3 is 9.32 Å². The van der Waals surface area contributed by atoms with Gasteiger partial charge in [0, 0.05) is 33.0 Å². The van der Waals surface area contributed by atoms with Crippen LogP contribution in [0.1, 0.15) is 68.2 Å². The van der Waals surface area contributed by atoms with Gasteiger partial charge in [0.1, 0.15) is 5.58 Å². The predicted molar refractivity (Wildman–Crippen MR) is 235 cm³/mol. The SMILES string of the molecule is CC1(C)c2ccccc2-c2ccc(N(c3ccc4c(c3)-c3ccc(-c5ccccc5)cc3C43C4CC5CC(C4)CC3C5)c3cccc4c3oc3ccccc34)cc21. The van der Waals surface area contributed by atoms with Crippen molar-refractivity contribution in [2.45, 2.75) is 56.8 Å². The number of fused-ring (bicyclic) bond motifs is 9. The van der Waals surface area contributed by atoms with E-state index in [0.717, 1.165) is 45.1 Å². The Morgan fingerprint density at radius 1 is 0.474 bits per heavy atom. The predicted octanol–water partition coefficient (Wildman–Crippen LogP) is 14.8. The van der Waals surface area contributed by atoms with E-state index >= 15 is 0 Å². The Bertz CT molecular complexity index is 2940. The molecular weight excluding hydrogens is 691 g/mol. The molecule has 4 saturated carbocycles. The average molecular weight is 736 g/mol. The minimum atomic E-state index is -0.113. The molecular formula is C55H45NO. The highest BCUT2D eigenvalue weighted by Gasteiger charge is 2.61. The summed E-state index contributed by atoms with van der Waals surface area (Å²) in [5.74, 6) is 3.20. The molecule has 8 aromatic rings. The molecule has 1 aromatic heterocycles. The molecule has 4 bridgehead atoms. The van der Waals surface area contributed by atoms with Gasteiger partial charge in [-0.15, -0.1) is 0 Å². The van der Waals surface area contributed by atoms with Crippen LogP contribution in [0.3, 0.4) is 0 Å². The first kappa shape index (κ1) is 32.2. The first-order valence-electron chi connectivity index (χ1n) is 21.3. The van der Waals surface area contributed by atoms with E-state index in [9.17, 15) is 0 Å². The van der Waals surface area contributed by atoms with Gasteiger partial charge in [0.25, 0.3) is 0 Å². The quantitative estimate of drug-likeness (QED) is 0.179. The zero-order valence-corrected chi connectivity index (χ0v) is 32.6. The van der Waals surface area contributed by atoms with Crippen molar-refractivity contribution >= 4 is 39.0 Å².